The van der Waals surface area contributed by atoms with Gasteiger partial charge in [0.15, 0.2) is 5.65 Å². The molecule has 2 heterocycles. The quantitative estimate of drug-likeness (QED) is 0.457. The Labute approximate surface area is 171 Å². The Morgan fingerprint density at radius 2 is 1.97 bits per heavy atom. The van der Waals surface area contributed by atoms with Gasteiger partial charge in [-0.2, -0.15) is 13.2 Å². The molecule has 1 atom stereocenters. The fourth-order valence-electron chi connectivity index (χ4n) is 3.59. The van der Waals surface area contributed by atoms with E-state index in [2.05, 4.69) is 10.1 Å². The normalized spacial score (nSPS) is 13.2. The number of aliphatic hydroxyl groups excluding tert-OH is 2. The van der Waals surface area contributed by atoms with Gasteiger partial charge in [-0.3, -0.25) is 4.90 Å². The van der Waals surface area contributed by atoms with Crippen LogP contribution in [0.15, 0.2) is 24.3 Å². The fourth-order valence-corrected chi connectivity index (χ4v) is 3.59. The van der Waals surface area contributed by atoms with Crippen LogP contribution < -0.4 is 10.6 Å². The highest BCUT2D eigenvalue weighted by Crippen LogP contribution is 2.34. The second-order valence-electron chi connectivity index (χ2n) is 7.08. The Balaban J connectivity index is 2.15. The summed E-state index contributed by atoms with van der Waals surface area (Å²) in [5.41, 5.74) is 7.50. The van der Waals surface area contributed by atoms with Crippen molar-refractivity contribution in [2.75, 3.05) is 25.4 Å². The van der Waals surface area contributed by atoms with Crippen molar-refractivity contribution in [1.29, 1.82) is 0 Å². The molecule has 0 fully saturated rings. The van der Waals surface area contributed by atoms with Crippen LogP contribution >= 0.6 is 0 Å². The summed E-state index contributed by atoms with van der Waals surface area (Å²) < 4.78 is 41.4. The highest BCUT2D eigenvalue weighted by molar-refractivity contribution is 5.67. The van der Waals surface area contributed by atoms with Crippen molar-refractivity contribution in [3.8, 4) is 0 Å². The first-order valence-electron chi connectivity index (χ1n) is 9.60. The number of nitrogen functional groups attached to an aromatic ring is 1. The second kappa shape index (κ2) is 8.58. The summed E-state index contributed by atoms with van der Waals surface area (Å²) in [6, 6.07) is 5.70. The number of halogens is 3. The van der Waals surface area contributed by atoms with Gasteiger partial charge >= 0.3 is 6.18 Å². The van der Waals surface area contributed by atoms with Crippen LogP contribution in [0.25, 0.3) is 5.65 Å². The smallest absolute Gasteiger partial charge is 0.395 e. The Hall–Kier alpha value is -2.69. The number of nitrogens with one attached hydrogen (secondary N) is 1. The number of benzene rings is 1. The molecule has 7 nitrogen and oxygen atoms in total. The van der Waals surface area contributed by atoms with E-state index in [1.54, 1.807) is 12.1 Å². The maximum absolute atomic E-state index is 13.3. The van der Waals surface area contributed by atoms with E-state index < -0.39 is 18.3 Å². The number of anilines is 1. The molecular formula is C20H25F3N5O2+. The number of rotatable bonds is 7. The molecule has 1 aromatic carbocycles. The highest BCUT2D eigenvalue weighted by atomic mass is 19.4. The topological polar surface area (TPSA) is 101 Å². The van der Waals surface area contributed by atoms with Crippen molar-refractivity contribution in [3.63, 3.8) is 0 Å². The van der Waals surface area contributed by atoms with Crippen LogP contribution in [0.3, 0.4) is 0 Å². The van der Waals surface area contributed by atoms with Gasteiger partial charge in [-0.05, 0) is 31.0 Å². The first kappa shape index (κ1) is 22.0. The zero-order chi connectivity index (χ0) is 22.1. The lowest BCUT2D eigenvalue weighted by molar-refractivity contribution is -0.834. The number of aliphatic hydroxyl groups is 2. The van der Waals surface area contributed by atoms with Crippen LogP contribution in [0.2, 0.25) is 0 Å². The number of aromatic nitrogens is 3. The van der Waals surface area contributed by atoms with Gasteiger partial charge in [0.1, 0.15) is 6.54 Å². The molecule has 0 aliphatic heterocycles. The number of likely N-dealkylation sites (N-methyl/N-ethyl adjacent to an activating group) is 1. The van der Waals surface area contributed by atoms with E-state index in [-0.39, 0.29) is 18.6 Å². The minimum Gasteiger partial charge on any atom is -0.395 e. The van der Waals surface area contributed by atoms with Crippen molar-refractivity contribution < 1.29 is 28.3 Å². The molecule has 162 valence electrons. The number of fused-ring (bicyclic) bond motifs is 1. The SMILES string of the molecule is CC[NH+](CCO)c1cc(N)c2nc(CO)c(Cc3cccc(C(F)(F)F)c3C)n2n1. The molecule has 3 aromatic rings. The summed E-state index contributed by atoms with van der Waals surface area (Å²) >= 11 is 0. The van der Waals surface area contributed by atoms with Gasteiger partial charge in [-0.15, -0.1) is 5.10 Å². The molecule has 0 saturated heterocycles. The minimum atomic E-state index is -4.45. The predicted octanol–water partition coefficient (Wildman–Crippen LogP) is 1.25. The highest BCUT2D eigenvalue weighted by Gasteiger charge is 2.33. The predicted molar refractivity (Wildman–Crippen MR) is 105 cm³/mol. The van der Waals surface area contributed by atoms with E-state index in [0.717, 1.165) is 11.0 Å². The minimum absolute atomic E-state index is 0.0368. The molecule has 5 N–H and O–H groups in total. The van der Waals surface area contributed by atoms with Crippen LogP contribution in [-0.4, -0.2) is 44.5 Å². The molecule has 10 heteroatoms. The lowest BCUT2D eigenvalue weighted by Crippen LogP contribution is -3.07. The lowest BCUT2D eigenvalue weighted by Gasteiger charge is -2.16. The zero-order valence-electron chi connectivity index (χ0n) is 16.8. The molecule has 0 aliphatic rings. The van der Waals surface area contributed by atoms with Crippen molar-refractivity contribution >= 4 is 17.2 Å². The number of imidazole rings is 1. The molecule has 0 aliphatic carbocycles. The van der Waals surface area contributed by atoms with Crippen LogP contribution in [0.5, 0.6) is 0 Å². The van der Waals surface area contributed by atoms with Crippen molar-refractivity contribution in [3.05, 3.63) is 52.3 Å². The van der Waals surface area contributed by atoms with Crippen LogP contribution in [0.1, 0.15) is 35.0 Å². The number of alkyl halides is 3. The van der Waals surface area contributed by atoms with E-state index >= 15 is 0 Å². The zero-order valence-corrected chi connectivity index (χ0v) is 16.8. The first-order valence-corrected chi connectivity index (χ1v) is 9.60. The molecular weight excluding hydrogens is 399 g/mol. The van der Waals surface area contributed by atoms with E-state index in [0.29, 0.717) is 47.2 Å². The van der Waals surface area contributed by atoms with Crippen molar-refractivity contribution in [2.24, 2.45) is 0 Å². The van der Waals surface area contributed by atoms with Gasteiger partial charge in [0.05, 0.1) is 42.4 Å². The van der Waals surface area contributed by atoms with Gasteiger partial charge in [-0.25, -0.2) is 9.50 Å². The number of hydrogen-bond donors (Lipinski definition) is 4. The summed E-state index contributed by atoms with van der Waals surface area (Å²) in [7, 11) is 0. The average molecular weight is 424 g/mol. The van der Waals surface area contributed by atoms with E-state index in [9.17, 15) is 23.4 Å². The first-order chi connectivity index (χ1) is 14.2. The van der Waals surface area contributed by atoms with Crippen LogP contribution in [0.4, 0.5) is 24.7 Å². The van der Waals surface area contributed by atoms with E-state index in [1.807, 2.05) is 6.92 Å². The molecule has 0 bridgehead atoms. The number of nitrogens with two attached hydrogens (primary N) is 1. The number of nitrogens with zero attached hydrogens (tertiary/aromatic N) is 3. The molecule has 0 radical (unpaired) electrons. The monoisotopic (exact) mass is 424 g/mol. The summed E-state index contributed by atoms with van der Waals surface area (Å²) in [5.74, 6) is 0.584. The summed E-state index contributed by atoms with van der Waals surface area (Å²) in [6.07, 6.45) is -4.35. The fraction of sp³-hybridized carbons (Fsp3) is 0.400. The molecule has 2 aromatic heterocycles. The molecule has 3 rings (SSSR count). The Morgan fingerprint density at radius 3 is 2.57 bits per heavy atom. The molecule has 30 heavy (non-hydrogen) atoms. The number of hydrogen-bond acceptors (Lipinski definition) is 5. The lowest BCUT2D eigenvalue weighted by atomic mass is 9.98. The average Bonchev–Trinajstić information content (AvgIpc) is 3.05. The summed E-state index contributed by atoms with van der Waals surface area (Å²) in [6.45, 7) is 4.02. The van der Waals surface area contributed by atoms with Gasteiger partial charge in [0, 0.05) is 12.5 Å². The molecule has 0 amide bonds. The molecule has 0 spiro atoms. The Morgan fingerprint density at radius 1 is 1.23 bits per heavy atom. The van der Waals surface area contributed by atoms with Gasteiger partial charge in [0.2, 0.25) is 5.82 Å². The van der Waals surface area contributed by atoms with Crippen molar-refractivity contribution in [1.82, 2.24) is 14.6 Å². The van der Waals surface area contributed by atoms with Crippen LogP contribution in [0, 0.1) is 6.92 Å². The maximum atomic E-state index is 13.3. The summed E-state index contributed by atoms with van der Waals surface area (Å²) in [4.78, 5) is 5.24. The summed E-state index contributed by atoms with van der Waals surface area (Å²) in [5, 5.41) is 23.7. The van der Waals surface area contributed by atoms with Crippen molar-refractivity contribution in [2.45, 2.75) is 33.1 Å². The van der Waals surface area contributed by atoms with Crippen LogP contribution in [-0.2, 0) is 19.2 Å². The van der Waals surface area contributed by atoms with E-state index in [1.165, 1.54) is 17.5 Å². The molecule has 1 unspecified atom stereocenters. The second-order valence-corrected chi connectivity index (χ2v) is 7.08. The third kappa shape index (κ3) is 4.11. The van der Waals surface area contributed by atoms with Gasteiger partial charge < -0.3 is 15.9 Å². The third-order valence-corrected chi connectivity index (χ3v) is 5.25. The largest absolute Gasteiger partial charge is 0.416 e. The van der Waals surface area contributed by atoms with E-state index in [4.69, 9.17) is 5.73 Å². The maximum Gasteiger partial charge on any atom is 0.416 e. The number of quaternary nitrogens is 1. The van der Waals surface area contributed by atoms with Gasteiger partial charge in [-0.1, -0.05) is 12.1 Å². The standard InChI is InChI=1S/C20H24F3N5O2/c1-3-27(7-8-29)18-10-15(24)19-25-16(11-30)17(28(19)26-18)9-13-5-4-6-14(12(13)2)20(21,22)23/h4-6,10,29-30H,3,7-9,11,24H2,1-2H3/p+1. The van der Waals surface area contributed by atoms with Gasteiger partial charge in [0.25, 0.3) is 0 Å². The molecule has 0 saturated carbocycles. The Kier molecular flexibility index (Phi) is 6.30. The third-order valence-electron chi connectivity index (χ3n) is 5.25. The Bertz CT molecular complexity index is 1050.